The lowest BCUT2D eigenvalue weighted by molar-refractivity contribution is -0.137. The molecule has 1 aliphatic heterocycles. The second kappa shape index (κ2) is 6.88. The largest absolute Gasteiger partial charge is 0.416 e. The van der Waals surface area contributed by atoms with E-state index in [-0.39, 0.29) is 0 Å². The maximum absolute atomic E-state index is 13.0. The zero-order chi connectivity index (χ0) is 17.1. The van der Waals surface area contributed by atoms with Gasteiger partial charge >= 0.3 is 6.18 Å². The van der Waals surface area contributed by atoms with E-state index < -0.39 is 29.1 Å². The van der Waals surface area contributed by atoms with Crippen LogP contribution in [-0.4, -0.2) is 31.7 Å². The molecule has 0 unspecified atom stereocenters. The number of alkyl halides is 3. The predicted octanol–water partition coefficient (Wildman–Crippen LogP) is 2.22. The van der Waals surface area contributed by atoms with Crippen molar-refractivity contribution < 1.29 is 22.7 Å². The Balaban J connectivity index is 2.29. The number of carbonyl (C=O) groups is 1. The van der Waals surface area contributed by atoms with Crippen molar-refractivity contribution in [2.75, 3.05) is 19.8 Å². The van der Waals surface area contributed by atoms with E-state index in [1.807, 2.05) is 0 Å². The fraction of sp³-hybridized carbons (Fsp3) is 0.562. The molecule has 4 nitrogen and oxygen atoms in total. The molecule has 0 aliphatic carbocycles. The Labute approximate surface area is 133 Å². The molecule has 2 rings (SSSR count). The summed E-state index contributed by atoms with van der Waals surface area (Å²) in [5.74, 6) is -0.490. The van der Waals surface area contributed by atoms with Crippen LogP contribution in [-0.2, 0) is 21.1 Å². The highest BCUT2D eigenvalue weighted by Gasteiger charge is 2.37. The molecule has 23 heavy (non-hydrogen) atoms. The first kappa shape index (κ1) is 17.7. The number of rotatable bonds is 5. The van der Waals surface area contributed by atoms with Gasteiger partial charge in [0.15, 0.2) is 0 Å². The smallest absolute Gasteiger partial charge is 0.381 e. The number of benzene rings is 1. The molecule has 1 fully saturated rings. The molecule has 0 radical (unpaired) electrons. The van der Waals surface area contributed by atoms with Gasteiger partial charge in [0.2, 0.25) is 5.91 Å². The lowest BCUT2D eigenvalue weighted by Crippen LogP contribution is -2.48. The molecular formula is C16H21F3N2O2. The second-order valence-electron chi connectivity index (χ2n) is 5.98. The Morgan fingerprint density at radius 2 is 2.04 bits per heavy atom. The summed E-state index contributed by atoms with van der Waals surface area (Å²) in [7, 11) is 0. The van der Waals surface area contributed by atoms with Gasteiger partial charge in [-0.3, -0.25) is 4.79 Å². The number of hydrogen-bond donors (Lipinski definition) is 2. The van der Waals surface area contributed by atoms with Crippen molar-refractivity contribution in [3.8, 4) is 0 Å². The minimum Gasteiger partial charge on any atom is -0.381 e. The van der Waals surface area contributed by atoms with Gasteiger partial charge in [-0.2, -0.15) is 13.2 Å². The zero-order valence-corrected chi connectivity index (χ0v) is 13.0. The summed E-state index contributed by atoms with van der Waals surface area (Å²) in [6.07, 6.45) is -3.20. The molecule has 1 atom stereocenters. The van der Waals surface area contributed by atoms with Crippen LogP contribution in [0.4, 0.5) is 13.2 Å². The lowest BCUT2D eigenvalue weighted by Gasteiger charge is -2.39. The van der Waals surface area contributed by atoms with Crippen LogP contribution < -0.4 is 11.1 Å². The minimum absolute atomic E-state index is 0.377. The van der Waals surface area contributed by atoms with Gasteiger partial charge in [0, 0.05) is 25.2 Å². The number of nitrogens with one attached hydrogen (secondary N) is 1. The van der Waals surface area contributed by atoms with Crippen LogP contribution in [0.5, 0.6) is 0 Å². The van der Waals surface area contributed by atoms with Crippen molar-refractivity contribution >= 4 is 5.91 Å². The minimum atomic E-state index is -4.38. The van der Waals surface area contributed by atoms with Crippen LogP contribution in [0.2, 0.25) is 0 Å². The topological polar surface area (TPSA) is 64.3 Å². The second-order valence-corrected chi connectivity index (χ2v) is 5.98. The van der Waals surface area contributed by atoms with E-state index in [0.29, 0.717) is 38.2 Å². The highest BCUT2D eigenvalue weighted by molar-refractivity contribution is 5.79. The predicted molar refractivity (Wildman–Crippen MR) is 79.8 cm³/mol. The highest BCUT2D eigenvalue weighted by atomic mass is 19.4. The molecule has 1 saturated heterocycles. The molecule has 0 spiro atoms. The third-order valence-electron chi connectivity index (χ3n) is 4.43. The molecule has 3 N–H and O–H groups in total. The van der Waals surface area contributed by atoms with Gasteiger partial charge < -0.3 is 15.8 Å². The van der Waals surface area contributed by atoms with E-state index >= 15 is 0 Å². The van der Waals surface area contributed by atoms with E-state index in [0.717, 1.165) is 6.07 Å². The van der Waals surface area contributed by atoms with Crippen molar-refractivity contribution in [1.29, 1.82) is 0 Å². The summed E-state index contributed by atoms with van der Waals surface area (Å²) < 4.78 is 44.3. The van der Waals surface area contributed by atoms with E-state index in [4.69, 9.17) is 10.5 Å². The third-order valence-corrected chi connectivity index (χ3v) is 4.43. The number of ether oxygens (including phenoxy) is 1. The highest BCUT2D eigenvalue weighted by Crippen LogP contribution is 2.37. The van der Waals surface area contributed by atoms with Gasteiger partial charge in [0.1, 0.15) is 0 Å². The molecule has 1 aromatic carbocycles. The Morgan fingerprint density at radius 1 is 1.39 bits per heavy atom. The fourth-order valence-corrected chi connectivity index (χ4v) is 2.80. The van der Waals surface area contributed by atoms with Gasteiger partial charge in [0.05, 0.1) is 11.6 Å². The normalized spacial score (nSPS) is 19.3. The molecule has 128 valence electrons. The Hall–Kier alpha value is -1.60. The number of primary amides is 1. The molecule has 0 bridgehead atoms. The van der Waals surface area contributed by atoms with Crippen molar-refractivity contribution in [2.24, 2.45) is 5.73 Å². The molecule has 1 heterocycles. The quantitative estimate of drug-likeness (QED) is 0.870. The van der Waals surface area contributed by atoms with Gasteiger partial charge in [-0.1, -0.05) is 18.2 Å². The molecular weight excluding hydrogens is 309 g/mol. The SMILES string of the molecule is C[C@H](NCC1(c2cccc(C(F)(F)F)c2)CCOCC1)C(N)=O. The molecule has 1 aliphatic rings. The standard InChI is InChI=1S/C16H21F3N2O2/c1-11(14(20)22)21-10-15(5-7-23-8-6-15)12-3-2-4-13(9-12)16(17,18)19/h2-4,9,11,21H,5-8,10H2,1H3,(H2,20,22)/t11-/m0/s1. The molecule has 7 heteroatoms. The first-order chi connectivity index (χ1) is 10.7. The van der Waals surface area contributed by atoms with Crippen LogP contribution in [0.3, 0.4) is 0 Å². The van der Waals surface area contributed by atoms with E-state index in [2.05, 4.69) is 5.32 Å². The van der Waals surface area contributed by atoms with Crippen molar-refractivity contribution in [2.45, 2.75) is 37.4 Å². The third kappa shape index (κ3) is 4.23. The van der Waals surface area contributed by atoms with Crippen molar-refractivity contribution in [3.05, 3.63) is 35.4 Å². The van der Waals surface area contributed by atoms with Gasteiger partial charge in [-0.25, -0.2) is 0 Å². The number of carbonyl (C=O) groups excluding carboxylic acids is 1. The van der Waals surface area contributed by atoms with Gasteiger partial charge in [-0.05, 0) is 31.4 Å². The van der Waals surface area contributed by atoms with Gasteiger partial charge in [-0.15, -0.1) is 0 Å². The van der Waals surface area contributed by atoms with Crippen LogP contribution in [0, 0.1) is 0 Å². The number of hydrogen-bond acceptors (Lipinski definition) is 3. The Morgan fingerprint density at radius 3 is 2.61 bits per heavy atom. The lowest BCUT2D eigenvalue weighted by atomic mass is 9.73. The molecule has 1 aromatic rings. The summed E-state index contributed by atoms with van der Waals surface area (Å²) in [6.45, 7) is 2.97. The first-order valence-electron chi connectivity index (χ1n) is 7.53. The Bertz CT molecular complexity index is 555. The number of nitrogens with two attached hydrogens (primary N) is 1. The number of amides is 1. The fourth-order valence-electron chi connectivity index (χ4n) is 2.80. The van der Waals surface area contributed by atoms with Crippen LogP contribution >= 0.6 is 0 Å². The summed E-state index contributed by atoms with van der Waals surface area (Å²) in [6, 6.07) is 4.85. The summed E-state index contributed by atoms with van der Waals surface area (Å²) >= 11 is 0. The van der Waals surface area contributed by atoms with E-state index in [1.165, 1.54) is 12.1 Å². The van der Waals surface area contributed by atoms with Crippen LogP contribution in [0.25, 0.3) is 0 Å². The van der Waals surface area contributed by atoms with E-state index in [9.17, 15) is 18.0 Å². The average Bonchev–Trinajstić information content (AvgIpc) is 2.52. The molecule has 0 aromatic heterocycles. The van der Waals surface area contributed by atoms with Crippen LogP contribution in [0.15, 0.2) is 24.3 Å². The number of halogens is 3. The summed E-state index contributed by atoms with van der Waals surface area (Å²) in [5, 5.41) is 3.04. The molecule has 1 amide bonds. The maximum atomic E-state index is 13.0. The Kier molecular flexibility index (Phi) is 5.31. The zero-order valence-electron chi connectivity index (χ0n) is 13.0. The maximum Gasteiger partial charge on any atom is 0.416 e. The van der Waals surface area contributed by atoms with Gasteiger partial charge in [0.25, 0.3) is 0 Å². The monoisotopic (exact) mass is 330 g/mol. The van der Waals surface area contributed by atoms with Crippen molar-refractivity contribution in [1.82, 2.24) is 5.32 Å². The summed E-state index contributed by atoms with van der Waals surface area (Å²) in [4.78, 5) is 11.2. The van der Waals surface area contributed by atoms with E-state index in [1.54, 1.807) is 13.0 Å². The van der Waals surface area contributed by atoms with Crippen molar-refractivity contribution in [3.63, 3.8) is 0 Å². The molecule has 0 saturated carbocycles. The van der Waals surface area contributed by atoms with Crippen LogP contribution in [0.1, 0.15) is 30.9 Å². The summed E-state index contributed by atoms with van der Waals surface area (Å²) in [5.41, 5.74) is 4.69. The first-order valence-corrected chi connectivity index (χ1v) is 7.53. The average molecular weight is 330 g/mol.